The quantitative estimate of drug-likeness (QED) is 0.612. The number of aryl methyl sites for hydroxylation is 1. The van der Waals surface area contributed by atoms with E-state index in [0.717, 1.165) is 17.8 Å². The second-order valence-electron chi connectivity index (χ2n) is 6.45. The molecule has 0 radical (unpaired) electrons. The Morgan fingerprint density at radius 2 is 2.07 bits per heavy atom. The Labute approximate surface area is 170 Å². The zero-order valence-electron chi connectivity index (χ0n) is 16.3. The maximum absolute atomic E-state index is 13.2. The number of hydrogen-bond donors (Lipinski definition) is 2. The normalized spacial score (nSPS) is 12.0. The van der Waals surface area contributed by atoms with Gasteiger partial charge in [-0.25, -0.2) is 9.78 Å². The van der Waals surface area contributed by atoms with Crippen molar-refractivity contribution >= 4 is 39.1 Å². The number of fused-ring (bicyclic) bond motifs is 1. The second-order valence-corrected chi connectivity index (χ2v) is 7.31. The molecule has 0 saturated carbocycles. The molecule has 0 aliphatic carbocycles. The van der Waals surface area contributed by atoms with E-state index in [1.807, 2.05) is 6.92 Å². The van der Waals surface area contributed by atoms with E-state index < -0.39 is 23.5 Å². The van der Waals surface area contributed by atoms with Gasteiger partial charge in [0, 0.05) is 11.8 Å². The SMILES string of the molecule is CCCc1nc2scc(C(=O)O)c2c(=O)n1C(C)C(=O)Nc1ccccc1OC. The molecule has 9 heteroatoms. The van der Waals surface area contributed by atoms with Crippen LogP contribution in [0.3, 0.4) is 0 Å². The lowest BCUT2D eigenvalue weighted by atomic mass is 10.2. The van der Waals surface area contributed by atoms with Crippen molar-refractivity contribution in [1.82, 2.24) is 9.55 Å². The van der Waals surface area contributed by atoms with Crippen LogP contribution in [0.15, 0.2) is 34.4 Å². The summed E-state index contributed by atoms with van der Waals surface area (Å²) in [6, 6.07) is 6.06. The summed E-state index contributed by atoms with van der Waals surface area (Å²) < 4.78 is 6.53. The number of methoxy groups -OCH3 is 1. The summed E-state index contributed by atoms with van der Waals surface area (Å²) in [6.07, 6.45) is 1.20. The Kier molecular flexibility index (Phi) is 5.97. The number of nitrogens with zero attached hydrogens (tertiary/aromatic N) is 2. The van der Waals surface area contributed by atoms with E-state index in [2.05, 4.69) is 10.3 Å². The van der Waals surface area contributed by atoms with Gasteiger partial charge in [-0.2, -0.15) is 0 Å². The lowest BCUT2D eigenvalue weighted by molar-refractivity contribution is -0.119. The van der Waals surface area contributed by atoms with Gasteiger partial charge in [0.15, 0.2) is 0 Å². The zero-order chi connectivity index (χ0) is 21.1. The van der Waals surface area contributed by atoms with Gasteiger partial charge in [0.1, 0.15) is 22.4 Å². The van der Waals surface area contributed by atoms with Crippen LogP contribution in [-0.2, 0) is 11.2 Å². The van der Waals surface area contributed by atoms with Crippen molar-refractivity contribution < 1.29 is 19.4 Å². The third-order valence-electron chi connectivity index (χ3n) is 4.55. The molecule has 1 unspecified atom stereocenters. The lowest BCUT2D eigenvalue weighted by Gasteiger charge is -2.19. The number of thiophene rings is 1. The number of hydrogen-bond acceptors (Lipinski definition) is 6. The standard InChI is InChI=1S/C20H21N3O5S/c1-4-7-15-22-18-16(12(10-29-18)20(26)27)19(25)23(15)11(2)17(24)21-13-8-5-6-9-14(13)28-3/h5-6,8-11H,4,7H2,1-3H3,(H,21,24)(H,26,27). The summed E-state index contributed by atoms with van der Waals surface area (Å²) in [7, 11) is 1.50. The Hall–Kier alpha value is -3.20. The van der Waals surface area contributed by atoms with Crippen LogP contribution in [0.1, 0.15) is 42.5 Å². The number of benzene rings is 1. The van der Waals surface area contributed by atoms with Crippen LogP contribution >= 0.6 is 11.3 Å². The molecule has 2 N–H and O–H groups in total. The number of amides is 1. The highest BCUT2D eigenvalue weighted by molar-refractivity contribution is 7.17. The molecule has 0 bridgehead atoms. The van der Waals surface area contributed by atoms with Gasteiger partial charge >= 0.3 is 5.97 Å². The predicted molar refractivity (Wildman–Crippen MR) is 111 cm³/mol. The monoisotopic (exact) mass is 415 g/mol. The zero-order valence-corrected chi connectivity index (χ0v) is 17.1. The maximum Gasteiger partial charge on any atom is 0.337 e. The van der Waals surface area contributed by atoms with Gasteiger partial charge in [0.2, 0.25) is 5.91 Å². The fourth-order valence-corrected chi connectivity index (χ4v) is 4.03. The van der Waals surface area contributed by atoms with Crippen LogP contribution in [-0.4, -0.2) is 33.6 Å². The van der Waals surface area contributed by atoms with Crippen LogP contribution in [0, 0.1) is 0 Å². The van der Waals surface area contributed by atoms with Crippen molar-refractivity contribution in [1.29, 1.82) is 0 Å². The topological polar surface area (TPSA) is 111 Å². The third-order valence-corrected chi connectivity index (χ3v) is 5.42. The first kappa shape index (κ1) is 20.5. The van der Waals surface area contributed by atoms with E-state index in [-0.39, 0.29) is 10.9 Å². The van der Waals surface area contributed by atoms with E-state index in [1.54, 1.807) is 31.2 Å². The van der Waals surface area contributed by atoms with Gasteiger partial charge in [-0.3, -0.25) is 14.2 Å². The number of aromatic nitrogens is 2. The van der Waals surface area contributed by atoms with Crippen molar-refractivity contribution in [3.8, 4) is 5.75 Å². The number of carboxylic acid groups (broad SMARTS) is 1. The number of carbonyl (C=O) groups is 2. The lowest BCUT2D eigenvalue weighted by Crippen LogP contribution is -2.35. The number of ether oxygens (including phenoxy) is 1. The molecule has 1 amide bonds. The molecular weight excluding hydrogens is 394 g/mol. The van der Waals surface area contributed by atoms with Gasteiger partial charge in [-0.1, -0.05) is 19.1 Å². The van der Waals surface area contributed by atoms with Gasteiger partial charge < -0.3 is 15.2 Å². The van der Waals surface area contributed by atoms with E-state index >= 15 is 0 Å². The molecule has 29 heavy (non-hydrogen) atoms. The summed E-state index contributed by atoms with van der Waals surface area (Å²) in [5.41, 5.74) is -0.149. The molecule has 0 aliphatic rings. The number of rotatable bonds is 7. The number of nitrogens with one attached hydrogen (secondary N) is 1. The van der Waals surface area contributed by atoms with Crippen LogP contribution in [0.4, 0.5) is 5.69 Å². The van der Waals surface area contributed by atoms with Crippen molar-refractivity contribution in [3.63, 3.8) is 0 Å². The molecule has 0 aliphatic heterocycles. The fraction of sp³-hybridized carbons (Fsp3) is 0.300. The summed E-state index contributed by atoms with van der Waals surface area (Å²) in [5.74, 6) is -0.682. The molecule has 0 fully saturated rings. The highest BCUT2D eigenvalue weighted by atomic mass is 32.1. The first-order valence-electron chi connectivity index (χ1n) is 9.08. The number of carbonyl (C=O) groups excluding carboxylic acids is 1. The molecule has 0 saturated heterocycles. The number of para-hydroxylation sites is 2. The van der Waals surface area contributed by atoms with E-state index in [1.165, 1.54) is 17.1 Å². The Morgan fingerprint density at radius 3 is 2.72 bits per heavy atom. The van der Waals surface area contributed by atoms with Gasteiger partial charge in [-0.05, 0) is 25.5 Å². The molecule has 152 valence electrons. The van der Waals surface area contributed by atoms with Gasteiger partial charge in [-0.15, -0.1) is 11.3 Å². The first-order valence-corrected chi connectivity index (χ1v) is 9.96. The average molecular weight is 415 g/mol. The number of aromatic carboxylic acids is 1. The molecule has 1 atom stereocenters. The van der Waals surface area contributed by atoms with Crippen LogP contribution < -0.4 is 15.6 Å². The van der Waals surface area contributed by atoms with Crippen molar-refractivity contribution in [3.05, 3.63) is 51.4 Å². The van der Waals surface area contributed by atoms with Crippen molar-refractivity contribution in [2.24, 2.45) is 0 Å². The Morgan fingerprint density at radius 1 is 1.34 bits per heavy atom. The minimum atomic E-state index is -1.20. The summed E-state index contributed by atoms with van der Waals surface area (Å²) in [4.78, 5) is 42.5. The molecule has 1 aromatic carbocycles. The molecule has 3 aromatic rings. The fourth-order valence-electron chi connectivity index (χ4n) is 3.10. The smallest absolute Gasteiger partial charge is 0.337 e. The van der Waals surface area contributed by atoms with Gasteiger partial charge in [0.25, 0.3) is 5.56 Å². The van der Waals surface area contributed by atoms with Crippen LogP contribution in [0.25, 0.3) is 10.2 Å². The van der Waals surface area contributed by atoms with Gasteiger partial charge in [0.05, 0.1) is 23.7 Å². The Balaban J connectivity index is 2.08. The second kappa shape index (κ2) is 8.44. The largest absolute Gasteiger partial charge is 0.495 e. The van der Waals surface area contributed by atoms with Crippen molar-refractivity contribution in [2.75, 3.05) is 12.4 Å². The minimum Gasteiger partial charge on any atom is -0.495 e. The minimum absolute atomic E-state index is 0.0271. The highest BCUT2D eigenvalue weighted by Gasteiger charge is 2.25. The number of anilines is 1. The van der Waals surface area contributed by atoms with Crippen LogP contribution in [0.2, 0.25) is 0 Å². The van der Waals surface area contributed by atoms with Crippen LogP contribution in [0.5, 0.6) is 5.75 Å². The molecular formula is C20H21N3O5S. The molecule has 0 spiro atoms. The predicted octanol–water partition coefficient (Wildman–Crippen LogP) is 3.32. The molecule has 2 aromatic heterocycles. The van der Waals surface area contributed by atoms with E-state index in [0.29, 0.717) is 28.5 Å². The Bertz CT molecular complexity index is 1130. The maximum atomic E-state index is 13.2. The van der Waals surface area contributed by atoms with E-state index in [9.17, 15) is 19.5 Å². The highest BCUT2D eigenvalue weighted by Crippen LogP contribution is 2.26. The third kappa shape index (κ3) is 3.86. The first-order chi connectivity index (χ1) is 13.9. The van der Waals surface area contributed by atoms with E-state index in [4.69, 9.17) is 4.74 Å². The average Bonchev–Trinajstić information content (AvgIpc) is 3.13. The molecule has 8 nitrogen and oxygen atoms in total. The number of carboxylic acids is 1. The van der Waals surface area contributed by atoms with Crippen molar-refractivity contribution in [2.45, 2.75) is 32.7 Å². The summed E-state index contributed by atoms with van der Waals surface area (Å²) in [5, 5.41) is 13.6. The summed E-state index contributed by atoms with van der Waals surface area (Å²) >= 11 is 1.11. The summed E-state index contributed by atoms with van der Waals surface area (Å²) in [6.45, 7) is 3.53. The molecule has 3 rings (SSSR count). The molecule has 2 heterocycles.